The summed E-state index contributed by atoms with van der Waals surface area (Å²) in [6.45, 7) is 7.34. The van der Waals surface area contributed by atoms with Crippen LogP contribution in [0.1, 0.15) is 44.2 Å². The second kappa shape index (κ2) is 11.4. The Bertz CT molecular complexity index is 577. The van der Waals surface area contributed by atoms with E-state index in [1.54, 1.807) is 4.90 Å². The summed E-state index contributed by atoms with van der Waals surface area (Å²) in [6, 6.07) is 18.0. The van der Waals surface area contributed by atoms with E-state index in [0.717, 1.165) is 11.3 Å². The topological polar surface area (TPSA) is 46.3 Å². The Labute approximate surface area is 146 Å². The van der Waals surface area contributed by atoms with Crippen LogP contribution in [0.3, 0.4) is 0 Å². The molecule has 0 aliphatic heterocycles. The van der Waals surface area contributed by atoms with Crippen molar-refractivity contribution in [1.82, 2.24) is 0 Å². The molecule has 0 unspecified atom stereocenters. The largest absolute Gasteiger partial charge is 0.330 e. The monoisotopic (exact) mass is 326 g/mol. The lowest BCUT2D eigenvalue weighted by Gasteiger charge is -2.23. The number of amides is 1. The second-order valence-corrected chi connectivity index (χ2v) is 5.84. The van der Waals surface area contributed by atoms with Crippen LogP contribution >= 0.6 is 0 Å². The quantitative estimate of drug-likeness (QED) is 0.837. The van der Waals surface area contributed by atoms with Crippen LogP contribution in [0, 0.1) is 6.92 Å². The van der Waals surface area contributed by atoms with E-state index in [2.05, 4.69) is 13.8 Å². The smallest absolute Gasteiger partial charge is 0.228 e. The summed E-state index contributed by atoms with van der Waals surface area (Å²) in [5, 5.41) is 0. The zero-order valence-electron chi connectivity index (χ0n) is 15.2. The van der Waals surface area contributed by atoms with Crippen molar-refractivity contribution in [2.45, 2.75) is 46.6 Å². The Balaban J connectivity index is 0.000000648. The number of benzene rings is 2. The van der Waals surface area contributed by atoms with Crippen molar-refractivity contribution in [1.29, 1.82) is 0 Å². The van der Waals surface area contributed by atoms with Crippen molar-refractivity contribution < 1.29 is 4.79 Å². The third kappa shape index (κ3) is 6.97. The lowest BCUT2D eigenvalue weighted by atomic mass is 10.1. The number of anilines is 1. The summed E-state index contributed by atoms with van der Waals surface area (Å²) >= 11 is 0. The van der Waals surface area contributed by atoms with Gasteiger partial charge >= 0.3 is 0 Å². The predicted octanol–water partition coefficient (Wildman–Crippen LogP) is 4.68. The zero-order valence-corrected chi connectivity index (χ0v) is 15.2. The number of hydrogen-bond donors (Lipinski definition) is 1. The Morgan fingerprint density at radius 1 is 0.958 bits per heavy atom. The first-order chi connectivity index (χ1) is 11.6. The van der Waals surface area contributed by atoms with Gasteiger partial charge in [-0.1, -0.05) is 74.7 Å². The summed E-state index contributed by atoms with van der Waals surface area (Å²) in [5.41, 5.74) is 8.72. The molecule has 0 fully saturated rings. The standard InChI is InChI=1S/C17H20N2O.C4H10/c1-14-7-9-16(10-8-14)19(17(20)11-12-18)13-15-5-3-2-4-6-15;1-3-4-2/h2-10H,11-13,18H2,1H3;3-4H2,1-2H3. The summed E-state index contributed by atoms with van der Waals surface area (Å²) in [6.07, 6.45) is 3.00. The minimum atomic E-state index is 0.0557. The molecule has 2 aromatic rings. The average Bonchev–Trinajstić information content (AvgIpc) is 2.62. The van der Waals surface area contributed by atoms with E-state index in [9.17, 15) is 4.79 Å². The van der Waals surface area contributed by atoms with E-state index in [-0.39, 0.29) is 5.91 Å². The summed E-state index contributed by atoms with van der Waals surface area (Å²) < 4.78 is 0. The van der Waals surface area contributed by atoms with Crippen LogP contribution < -0.4 is 10.6 Å². The number of nitrogens with two attached hydrogens (primary N) is 1. The maximum absolute atomic E-state index is 12.3. The van der Waals surface area contributed by atoms with Gasteiger partial charge in [0.25, 0.3) is 0 Å². The Morgan fingerprint density at radius 3 is 2.04 bits per heavy atom. The Kier molecular flexibility index (Phi) is 9.47. The third-order valence-electron chi connectivity index (χ3n) is 3.69. The molecule has 2 aromatic carbocycles. The molecule has 130 valence electrons. The van der Waals surface area contributed by atoms with Crippen LogP contribution in [-0.2, 0) is 11.3 Å². The molecule has 2 N–H and O–H groups in total. The number of hydrogen-bond acceptors (Lipinski definition) is 2. The lowest BCUT2D eigenvalue weighted by Crippen LogP contribution is -2.31. The fraction of sp³-hybridized carbons (Fsp3) is 0.381. The van der Waals surface area contributed by atoms with Gasteiger partial charge < -0.3 is 10.6 Å². The summed E-state index contributed by atoms with van der Waals surface area (Å²) in [7, 11) is 0. The van der Waals surface area contributed by atoms with Gasteiger partial charge in [0.1, 0.15) is 0 Å². The van der Waals surface area contributed by atoms with Crippen molar-refractivity contribution in [3.05, 3.63) is 65.7 Å². The number of nitrogens with zero attached hydrogens (tertiary/aromatic N) is 1. The molecule has 0 aromatic heterocycles. The van der Waals surface area contributed by atoms with Crippen LogP contribution in [0.25, 0.3) is 0 Å². The molecular weight excluding hydrogens is 296 g/mol. The minimum absolute atomic E-state index is 0.0557. The summed E-state index contributed by atoms with van der Waals surface area (Å²) in [4.78, 5) is 14.1. The summed E-state index contributed by atoms with van der Waals surface area (Å²) in [5.74, 6) is 0.0557. The molecule has 3 nitrogen and oxygen atoms in total. The van der Waals surface area contributed by atoms with Gasteiger partial charge in [0.05, 0.1) is 6.54 Å². The Hall–Kier alpha value is -2.13. The molecule has 0 atom stereocenters. The van der Waals surface area contributed by atoms with E-state index >= 15 is 0 Å². The van der Waals surface area contributed by atoms with E-state index in [0.29, 0.717) is 19.5 Å². The van der Waals surface area contributed by atoms with Crippen molar-refractivity contribution in [3.8, 4) is 0 Å². The molecule has 2 rings (SSSR count). The van der Waals surface area contributed by atoms with Crippen LogP contribution in [0.15, 0.2) is 54.6 Å². The van der Waals surface area contributed by atoms with Gasteiger partial charge in [-0.05, 0) is 24.6 Å². The van der Waals surface area contributed by atoms with Gasteiger partial charge in [-0.25, -0.2) is 0 Å². The van der Waals surface area contributed by atoms with Crippen LogP contribution in [0.4, 0.5) is 5.69 Å². The van der Waals surface area contributed by atoms with Crippen molar-refractivity contribution in [3.63, 3.8) is 0 Å². The number of rotatable bonds is 6. The van der Waals surface area contributed by atoms with E-state index in [1.807, 2.05) is 61.5 Å². The number of carbonyl (C=O) groups is 1. The van der Waals surface area contributed by atoms with Crippen LogP contribution in [0.5, 0.6) is 0 Å². The molecule has 3 heteroatoms. The molecule has 0 aliphatic rings. The molecule has 0 saturated carbocycles. The fourth-order valence-corrected chi connectivity index (χ4v) is 2.07. The average molecular weight is 326 g/mol. The normalized spacial score (nSPS) is 9.83. The SMILES string of the molecule is CCCC.Cc1ccc(N(Cc2ccccc2)C(=O)CCN)cc1. The molecule has 1 amide bonds. The highest BCUT2D eigenvalue weighted by molar-refractivity contribution is 5.93. The predicted molar refractivity (Wildman–Crippen MR) is 103 cm³/mol. The van der Waals surface area contributed by atoms with Crippen molar-refractivity contribution in [2.24, 2.45) is 5.73 Å². The van der Waals surface area contributed by atoms with Gasteiger partial charge in [0, 0.05) is 18.7 Å². The van der Waals surface area contributed by atoms with E-state index in [1.165, 1.54) is 18.4 Å². The first-order valence-electron chi connectivity index (χ1n) is 8.73. The molecule has 0 saturated heterocycles. The highest BCUT2D eigenvalue weighted by atomic mass is 16.2. The van der Waals surface area contributed by atoms with Gasteiger partial charge in [0.15, 0.2) is 0 Å². The van der Waals surface area contributed by atoms with E-state index in [4.69, 9.17) is 5.73 Å². The number of aryl methyl sites for hydroxylation is 1. The van der Waals surface area contributed by atoms with Crippen LogP contribution in [-0.4, -0.2) is 12.5 Å². The maximum Gasteiger partial charge on any atom is 0.228 e. The second-order valence-electron chi connectivity index (χ2n) is 5.84. The van der Waals surface area contributed by atoms with Gasteiger partial charge in [-0.15, -0.1) is 0 Å². The highest BCUT2D eigenvalue weighted by Crippen LogP contribution is 2.19. The molecule has 0 spiro atoms. The third-order valence-corrected chi connectivity index (χ3v) is 3.69. The molecule has 0 heterocycles. The minimum Gasteiger partial charge on any atom is -0.330 e. The highest BCUT2D eigenvalue weighted by Gasteiger charge is 2.15. The fourth-order valence-electron chi connectivity index (χ4n) is 2.07. The first kappa shape index (κ1) is 19.9. The molecule has 0 aliphatic carbocycles. The molecule has 0 bridgehead atoms. The van der Waals surface area contributed by atoms with Gasteiger partial charge in [0.2, 0.25) is 5.91 Å². The first-order valence-corrected chi connectivity index (χ1v) is 8.73. The maximum atomic E-state index is 12.3. The van der Waals surface area contributed by atoms with Crippen LogP contribution in [0.2, 0.25) is 0 Å². The molecular formula is C21H30N2O. The number of carbonyl (C=O) groups excluding carboxylic acids is 1. The van der Waals surface area contributed by atoms with Crippen molar-refractivity contribution in [2.75, 3.05) is 11.4 Å². The van der Waals surface area contributed by atoms with E-state index < -0.39 is 0 Å². The molecule has 0 radical (unpaired) electrons. The molecule has 24 heavy (non-hydrogen) atoms. The Morgan fingerprint density at radius 2 is 1.54 bits per heavy atom. The van der Waals surface area contributed by atoms with Crippen molar-refractivity contribution >= 4 is 11.6 Å². The zero-order chi connectivity index (χ0) is 17.8. The van der Waals surface area contributed by atoms with Gasteiger partial charge in [-0.2, -0.15) is 0 Å². The lowest BCUT2D eigenvalue weighted by molar-refractivity contribution is -0.118. The number of unbranched alkanes of at least 4 members (excludes halogenated alkanes) is 1. The van der Waals surface area contributed by atoms with Gasteiger partial charge in [-0.3, -0.25) is 4.79 Å².